The van der Waals surface area contributed by atoms with Gasteiger partial charge in [0.15, 0.2) is 5.16 Å². The first kappa shape index (κ1) is 15.4. The summed E-state index contributed by atoms with van der Waals surface area (Å²) in [6.45, 7) is 5.53. The largest absolute Gasteiger partial charge is 0.325 e. The fraction of sp³-hybridized carbons (Fsp3) is 0.267. The zero-order chi connectivity index (χ0) is 15.4. The lowest BCUT2D eigenvalue weighted by molar-refractivity contribution is -0.113. The van der Waals surface area contributed by atoms with E-state index < -0.39 is 0 Å². The van der Waals surface area contributed by atoms with E-state index in [1.54, 1.807) is 13.0 Å². The molecule has 1 aromatic carbocycles. The van der Waals surface area contributed by atoms with Gasteiger partial charge in [0.05, 0.1) is 5.75 Å². The molecule has 0 radical (unpaired) electrons. The molecule has 2 rings (SSSR count). The van der Waals surface area contributed by atoms with Crippen molar-refractivity contribution < 1.29 is 9.18 Å². The van der Waals surface area contributed by atoms with Crippen LogP contribution >= 0.6 is 11.8 Å². The van der Waals surface area contributed by atoms with Crippen LogP contribution in [-0.4, -0.2) is 21.6 Å². The first-order chi connectivity index (χ1) is 9.94. The molecule has 21 heavy (non-hydrogen) atoms. The van der Waals surface area contributed by atoms with Gasteiger partial charge in [-0.05, 0) is 50.6 Å². The number of anilines is 1. The number of carbonyl (C=O) groups is 1. The Bertz CT molecular complexity index is 656. The van der Waals surface area contributed by atoms with Crippen LogP contribution in [0.15, 0.2) is 29.4 Å². The second-order valence-corrected chi connectivity index (χ2v) is 5.67. The summed E-state index contributed by atoms with van der Waals surface area (Å²) in [5.74, 6) is -0.277. The summed E-state index contributed by atoms with van der Waals surface area (Å²) < 4.78 is 13.0. The lowest BCUT2D eigenvalue weighted by Crippen LogP contribution is -2.15. The molecule has 1 amide bonds. The van der Waals surface area contributed by atoms with Gasteiger partial charge >= 0.3 is 0 Å². The summed E-state index contributed by atoms with van der Waals surface area (Å²) in [7, 11) is 0. The molecule has 1 N–H and O–H groups in total. The van der Waals surface area contributed by atoms with E-state index in [4.69, 9.17) is 0 Å². The molecule has 0 spiro atoms. The van der Waals surface area contributed by atoms with E-state index in [1.165, 1.54) is 23.9 Å². The van der Waals surface area contributed by atoms with E-state index in [0.717, 1.165) is 11.4 Å². The Labute approximate surface area is 127 Å². The van der Waals surface area contributed by atoms with Crippen LogP contribution in [0.3, 0.4) is 0 Å². The molecule has 110 valence electrons. The van der Waals surface area contributed by atoms with Crippen LogP contribution in [0.4, 0.5) is 10.1 Å². The van der Waals surface area contributed by atoms with E-state index in [2.05, 4.69) is 15.3 Å². The highest BCUT2D eigenvalue weighted by Gasteiger charge is 2.08. The Morgan fingerprint density at radius 3 is 2.48 bits per heavy atom. The minimum Gasteiger partial charge on any atom is -0.325 e. The number of carbonyl (C=O) groups excluding carboxylic acids is 1. The number of nitrogens with zero attached hydrogens (tertiary/aromatic N) is 2. The number of amides is 1. The molecule has 0 fully saturated rings. The van der Waals surface area contributed by atoms with Crippen molar-refractivity contribution in [1.29, 1.82) is 0 Å². The summed E-state index contributed by atoms with van der Waals surface area (Å²) in [4.78, 5) is 20.4. The van der Waals surface area contributed by atoms with Gasteiger partial charge in [-0.15, -0.1) is 0 Å². The van der Waals surface area contributed by atoms with Crippen molar-refractivity contribution in [2.45, 2.75) is 25.9 Å². The molecular weight excluding hydrogens is 289 g/mol. The van der Waals surface area contributed by atoms with Crippen LogP contribution in [0.2, 0.25) is 0 Å². The summed E-state index contributed by atoms with van der Waals surface area (Å²) in [6, 6.07) is 6.14. The molecule has 2 aromatic rings. The van der Waals surface area contributed by atoms with Gasteiger partial charge < -0.3 is 5.32 Å². The van der Waals surface area contributed by atoms with E-state index in [9.17, 15) is 9.18 Å². The summed E-state index contributed by atoms with van der Waals surface area (Å²) >= 11 is 1.28. The predicted octanol–water partition coefficient (Wildman–Crippen LogP) is 3.27. The smallest absolute Gasteiger partial charge is 0.234 e. The van der Waals surface area contributed by atoms with Gasteiger partial charge in [-0.3, -0.25) is 4.79 Å². The van der Waals surface area contributed by atoms with Gasteiger partial charge in [0.2, 0.25) is 5.91 Å². The molecule has 0 atom stereocenters. The molecule has 0 saturated carbocycles. The van der Waals surface area contributed by atoms with Crippen LogP contribution < -0.4 is 5.32 Å². The lowest BCUT2D eigenvalue weighted by Gasteiger charge is -2.08. The second-order valence-electron chi connectivity index (χ2n) is 4.73. The highest BCUT2D eigenvalue weighted by molar-refractivity contribution is 7.99. The Morgan fingerprint density at radius 2 is 1.86 bits per heavy atom. The number of rotatable bonds is 4. The molecule has 6 heteroatoms. The highest BCUT2D eigenvalue weighted by Crippen LogP contribution is 2.18. The number of aromatic nitrogens is 2. The van der Waals surface area contributed by atoms with Gasteiger partial charge in [0.1, 0.15) is 5.82 Å². The maximum absolute atomic E-state index is 13.0. The quantitative estimate of drug-likeness (QED) is 0.696. The summed E-state index contributed by atoms with van der Waals surface area (Å²) in [6.07, 6.45) is 0. The Balaban J connectivity index is 1.95. The second kappa shape index (κ2) is 6.67. The van der Waals surface area contributed by atoms with E-state index >= 15 is 0 Å². The van der Waals surface area contributed by atoms with Gasteiger partial charge in [0, 0.05) is 17.1 Å². The van der Waals surface area contributed by atoms with Crippen LogP contribution in [0.5, 0.6) is 0 Å². The van der Waals surface area contributed by atoms with E-state index in [0.29, 0.717) is 16.4 Å². The minimum absolute atomic E-state index is 0.169. The number of thioether (sulfide) groups is 1. The maximum Gasteiger partial charge on any atom is 0.234 e. The lowest BCUT2D eigenvalue weighted by atomic mass is 10.2. The zero-order valence-corrected chi connectivity index (χ0v) is 12.9. The molecule has 4 nitrogen and oxygen atoms in total. The van der Waals surface area contributed by atoms with Crippen molar-refractivity contribution in [2.24, 2.45) is 0 Å². The minimum atomic E-state index is -0.316. The number of aryl methyl sites for hydroxylation is 3. The number of nitrogens with one attached hydrogen (secondary N) is 1. The van der Waals surface area contributed by atoms with Crippen LogP contribution in [0.25, 0.3) is 0 Å². The molecular formula is C15H16FN3OS. The van der Waals surface area contributed by atoms with Crippen molar-refractivity contribution in [3.05, 3.63) is 47.0 Å². The molecule has 0 unspecified atom stereocenters. The maximum atomic E-state index is 13.0. The standard InChI is InChI=1S/C15H16FN3OS/c1-9-6-12(16)4-5-13(9)19-14(20)8-21-15-17-10(2)7-11(3)18-15/h4-7H,8H2,1-3H3,(H,19,20). The van der Waals surface area contributed by atoms with Gasteiger partial charge in [-0.25, -0.2) is 14.4 Å². The molecule has 1 heterocycles. The Hall–Kier alpha value is -1.95. The van der Waals surface area contributed by atoms with E-state index in [1.807, 2.05) is 19.9 Å². The number of benzene rings is 1. The normalized spacial score (nSPS) is 10.5. The fourth-order valence-electron chi connectivity index (χ4n) is 1.84. The third kappa shape index (κ3) is 4.53. The first-order valence-corrected chi connectivity index (χ1v) is 7.43. The van der Waals surface area contributed by atoms with Gasteiger partial charge in [-0.2, -0.15) is 0 Å². The van der Waals surface area contributed by atoms with Crippen LogP contribution in [0, 0.1) is 26.6 Å². The third-order valence-electron chi connectivity index (χ3n) is 2.76. The van der Waals surface area contributed by atoms with Crippen molar-refractivity contribution in [3.63, 3.8) is 0 Å². The number of hydrogen-bond acceptors (Lipinski definition) is 4. The SMILES string of the molecule is Cc1cc(C)nc(SCC(=O)Nc2ccc(F)cc2C)n1. The average molecular weight is 305 g/mol. The van der Waals surface area contributed by atoms with E-state index in [-0.39, 0.29) is 17.5 Å². The molecule has 0 aliphatic rings. The average Bonchev–Trinajstić information content (AvgIpc) is 2.39. The topological polar surface area (TPSA) is 54.9 Å². The monoisotopic (exact) mass is 305 g/mol. The van der Waals surface area contributed by atoms with Crippen molar-refractivity contribution in [2.75, 3.05) is 11.1 Å². The van der Waals surface area contributed by atoms with Gasteiger partial charge in [-0.1, -0.05) is 11.8 Å². The highest BCUT2D eigenvalue weighted by atomic mass is 32.2. The zero-order valence-electron chi connectivity index (χ0n) is 12.1. The Kier molecular flexibility index (Phi) is 4.90. The molecule has 0 bridgehead atoms. The van der Waals surface area contributed by atoms with Gasteiger partial charge in [0.25, 0.3) is 0 Å². The number of hydrogen-bond donors (Lipinski definition) is 1. The molecule has 0 aliphatic carbocycles. The molecule has 0 aliphatic heterocycles. The van der Waals surface area contributed by atoms with Crippen molar-refractivity contribution in [3.8, 4) is 0 Å². The van der Waals surface area contributed by atoms with Crippen LogP contribution in [-0.2, 0) is 4.79 Å². The third-order valence-corrected chi connectivity index (χ3v) is 3.60. The molecule has 1 aromatic heterocycles. The van der Waals surface area contributed by atoms with Crippen molar-refractivity contribution >= 4 is 23.4 Å². The van der Waals surface area contributed by atoms with Crippen molar-refractivity contribution in [1.82, 2.24) is 9.97 Å². The summed E-state index contributed by atoms with van der Waals surface area (Å²) in [5, 5.41) is 3.34. The Morgan fingerprint density at radius 1 is 1.19 bits per heavy atom. The first-order valence-electron chi connectivity index (χ1n) is 6.45. The number of halogens is 1. The molecule has 0 saturated heterocycles. The van der Waals surface area contributed by atoms with Crippen LogP contribution in [0.1, 0.15) is 17.0 Å². The predicted molar refractivity (Wildman–Crippen MR) is 82.0 cm³/mol. The fourth-order valence-corrected chi connectivity index (χ4v) is 2.59. The summed E-state index contributed by atoms with van der Waals surface area (Å²) in [5.41, 5.74) is 3.05.